The van der Waals surface area contributed by atoms with E-state index in [1.165, 1.54) is 12.1 Å². The lowest BCUT2D eigenvalue weighted by Gasteiger charge is -2.11. The zero-order valence-electron chi connectivity index (χ0n) is 15.8. The summed E-state index contributed by atoms with van der Waals surface area (Å²) in [6.45, 7) is 0. The summed E-state index contributed by atoms with van der Waals surface area (Å²) in [4.78, 5) is 19.9. The zero-order valence-corrected chi connectivity index (χ0v) is 15.8. The van der Waals surface area contributed by atoms with E-state index in [1.807, 2.05) is 77.4 Å². The van der Waals surface area contributed by atoms with Crippen LogP contribution in [0.3, 0.4) is 0 Å². The molecule has 0 saturated heterocycles. The van der Waals surface area contributed by atoms with Gasteiger partial charge in [0.25, 0.3) is 5.69 Å². The van der Waals surface area contributed by atoms with E-state index in [9.17, 15) is 10.1 Å². The molecule has 3 aromatic carbocycles. The third-order valence-electron chi connectivity index (χ3n) is 4.97. The number of hydrogen-bond donors (Lipinski definition) is 0. The van der Waals surface area contributed by atoms with Crippen LogP contribution in [-0.4, -0.2) is 19.5 Å². The Kier molecular flexibility index (Phi) is 4.29. The fraction of sp³-hybridized carbons (Fsp3) is 0. The maximum absolute atomic E-state index is 11.1. The van der Waals surface area contributed by atoms with Gasteiger partial charge < -0.3 is 0 Å². The second-order valence-electron chi connectivity index (χ2n) is 6.87. The lowest BCUT2D eigenvalue weighted by molar-refractivity contribution is -0.384. The van der Waals surface area contributed by atoms with E-state index >= 15 is 0 Å². The van der Waals surface area contributed by atoms with Crippen LogP contribution in [0.2, 0.25) is 0 Å². The van der Waals surface area contributed by atoms with Crippen molar-refractivity contribution in [1.82, 2.24) is 14.5 Å². The van der Waals surface area contributed by atoms with Crippen LogP contribution in [0.1, 0.15) is 0 Å². The van der Waals surface area contributed by atoms with Crippen molar-refractivity contribution in [3.8, 4) is 28.2 Å². The van der Waals surface area contributed by atoms with Crippen LogP contribution in [0.5, 0.6) is 0 Å². The Labute approximate surface area is 172 Å². The highest BCUT2D eigenvalue weighted by Gasteiger charge is 2.13. The molecule has 0 fully saturated rings. The summed E-state index contributed by atoms with van der Waals surface area (Å²) in [5, 5.41) is 11.1. The Morgan fingerprint density at radius 2 is 1.37 bits per heavy atom. The molecule has 2 aromatic heterocycles. The third kappa shape index (κ3) is 3.20. The molecule has 0 unspecified atom stereocenters. The minimum absolute atomic E-state index is 0.0254. The van der Waals surface area contributed by atoms with E-state index in [4.69, 9.17) is 4.98 Å². The standard InChI is InChI=1S/C24H16N4O2/c29-28(30)19-11-12-24-23(13-19)25-16-27(24)20-14-21(17-7-3-1-4-8-17)26-22(15-20)18-9-5-2-6-10-18/h1-16H. The summed E-state index contributed by atoms with van der Waals surface area (Å²) in [6.07, 6.45) is 1.69. The Balaban J connectivity index is 1.72. The Morgan fingerprint density at radius 3 is 1.93 bits per heavy atom. The molecular formula is C24H16N4O2. The second-order valence-corrected chi connectivity index (χ2v) is 6.87. The van der Waals surface area contributed by atoms with Crippen LogP contribution in [0, 0.1) is 10.1 Å². The van der Waals surface area contributed by atoms with Gasteiger partial charge >= 0.3 is 0 Å². The van der Waals surface area contributed by atoms with Crippen molar-refractivity contribution in [2.75, 3.05) is 0 Å². The van der Waals surface area contributed by atoms with E-state index in [1.54, 1.807) is 12.4 Å². The molecule has 0 aliphatic carbocycles. The minimum atomic E-state index is -0.411. The van der Waals surface area contributed by atoms with Crippen molar-refractivity contribution < 1.29 is 4.92 Å². The molecule has 0 spiro atoms. The van der Waals surface area contributed by atoms with Crippen LogP contribution >= 0.6 is 0 Å². The number of nitrogens with zero attached hydrogens (tertiary/aromatic N) is 4. The fourth-order valence-electron chi connectivity index (χ4n) is 3.49. The van der Waals surface area contributed by atoms with Gasteiger partial charge in [-0.25, -0.2) is 9.97 Å². The Bertz CT molecular complexity index is 1300. The quantitative estimate of drug-likeness (QED) is 0.292. The molecule has 6 nitrogen and oxygen atoms in total. The largest absolute Gasteiger partial charge is 0.299 e. The molecule has 0 N–H and O–H groups in total. The first-order valence-electron chi connectivity index (χ1n) is 9.44. The number of fused-ring (bicyclic) bond motifs is 1. The van der Waals surface area contributed by atoms with E-state index < -0.39 is 4.92 Å². The number of hydrogen-bond acceptors (Lipinski definition) is 4. The van der Waals surface area contributed by atoms with Gasteiger partial charge in [0.2, 0.25) is 0 Å². The monoisotopic (exact) mass is 392 g/mol. The SMILES string of the molecule is O=[N+]([O-])c1ccc2c(c1)ncn2-c1cc(-c2ccccc2)nc(-c2ccccc2)c1. The van der Waals surface area contributed by atoms with Crippen molar-refractivity contribution in [1.29, 1.82) is 0 Å². The Hall–Kier alpha value is -4.32. The topological polar surface area (TPSA) is 73.8 Å². The first-order valence-corrected chi connectivity index (χ1v) is 9.44. The van der Waals surface area contributed by atoms with Gasteiger partial charge in [-0.2, -0.15) is 0 Å². The van der Waals surface area contributed by atoms with E-state index in [2.05, 4.69) is 4.98 Å². The van der Waals surface area contributed by atoms with Crippen LogP contribution in [0.15, 0.2) is 97.3 Å². The summed E-state index contributed by atoms with van der Waals surface area (Å²) < 4.78 is 1.93. The summed E-state index contributed by atoms with van der Waals surface area (Å²) in [7, 11) is 0. The number of pyridine rings is 1. The van der Waals surface area contributed by atoms with Crippen molar-refractivity contribution in [3.63, 3.8) is 0 Å². The average Bonchev–Trinajstić information content (AvgIpc) is 3.23. The molecule has 0 amide bonds. The molecule has 0 aliphatic heterocycles. The van der Waals surface area contributed by atoms with Crippen LogP contribution < -0.4 is 0 Å². The smallest absolute Gasteiger partial charge is 0.271 e. The van der Waals surface area contributed by atoms with Gasteiger partial charge in [-0.3, -0.25) is 14.7 Å². The molecular weight excluding hydrogens is 376 g/mol. The number of aromatic nitrogens is 3. The van der Waals surface area contributed by atoms with Crippen molar-refractivity contribution in [2.24, 2.45) is 0 Å². The number of nitro benzene ring substituents is 1. The fourth-order valence-corrected chi connectivity index (χ4v) is 3.49. The predicted octanol–water partition coefficient (Wildman–Crippen LogP) is 5.66. The van der Waals surface area contributed by atoms with Gasteiger partial charge in [-0.15, -0.1) is 0 Å². The number of benzene rings is 3. The molecule has 0 aliphatic rings. The van der Waals surface area contributed by atoms with Gasteiger partial charge in [-0.05, 0) is 18.2 Å². The zero-order chi connectivity index (χ0) is 20.5. The van der Waals surface area contributed by atoms with Gasteiger partial charge in [0, 0.05) is 23.3 Å². The molecule has 0 radical (unpaired) electrons. The lowest BCUT2D eigenvalue weighted by atomic mass is 10.1. The van der Waals surface area contributed by atoms with Crippen LogP contribution in [-0.2, 0) is 0 Å². The van der Waals surface area contributed by atoms with Crippen LogP contribution in [0.4, 0.5) is 5.69 Å². The van der Waals surface area contributed by atoms with Gasteiger partial charge in [-0.1, -0.05) is 60.7 Å². The highest BCUT2D eigenvalue weighted by atomic mass is 16.6. The minimum Gasteiger partial charge on any atom is -0.299 e. The average molecular weight is 392 g/mol. The highest BCUT2D eigenvalue weighted by Crippen LogP contribution is 2.29. The molecule has 2 heterocycles. The number of non-ortho nitro benzene ring substituents is 1. The summed E-state index contributed by atoms with van der Waals surface area (Å²) in [6, 6.07) is 28.7. The van der Waals surface area contributed by atoms with Gasteiger partial charge in [0.05, 0.1) is 33.0 Å². The predicted molar refractivity (Wildman–Crippen MR) is 116 cm³/mol. The van der Waals surface area contributed by atoms with Gasteiger partial charge in [0.1, 0.15) is 6.33 Å². The maximum atomic E-state index is 11.1. The van der Waals surface area contributed by atoms with E-state index in [-0.39, 0.29) is 5.69 Å². The Morgan fingerprint density at radius 1 is 0.767 bits per heavy atom. The van der Waals surface area contributed by atoms with E-state index in [0.717, 1.165) is 33.7 Å². The maximum Gasteiger partial charge on any atom is 0.271 e. The van der Waals surface area contributed by atoms with Gasteiger partial charge in [0.15, 0.2) is 0 Å². The molecule has 6 heteroatoms. The highest BCUT2D eigenvalue weighted by molar-refractivity contribution is 5.81. The number of rotatable bonds is 4. The summed E-state index contributed by atoms with van der Waals surface area (Å²) in [5.41, 5.74) is 5.99. The molecule has 30 heavy (non-hydrogen) atoms. The molecule has 144 valence electrons. The summed E-state index contributed by atoms with van der Waals surface area (Å²) in [5.74, 6) is 0. The van der Waals surface area contributed by atoms with Crippen molar-refractivity contribution >= 4 is 16.7 Å². The van der Waals surface area contributed by atoms with Crippen LogP contribution in [0.25, 0.3) is 39.2 Å². The van der Waals surface area contributed by atoms with Crippen molar-refractivity contribution in [3.05, 3.63) is 107 Å². The lowest BCUT2D eigenvalue weighted by Crippen LogP contribution is -1.97. The first-order chi connectivity index (χ1) is 14.7. The third-order valence-corrected chi connectivity index (χ3v) is 4.97. The molecule has 5 aromatic rings. The first kappa shape index (κ1) is 17.8. The molecule has 0 bridgehead atoms. The number of imidazole rings is 1. The second kappa shape index (κ2) is 7.25. The number of nitro groups is 1. The normalized spacial score (nSPS) is 10.9. The molecule has 0 saturated carbocycles. The van der Waals surface area contributed by atoms with Crippen molar-refractivity contribution in [2.45, 2.75) is 0 Å². The van der Waals surface area contributed by atoms with E-state index in [0.29, 0.717) is 5.52 Å². The molecule has 0 atom stereocenters. The summed E-state index contributed by atoms with van der Waals surface area (Å²) >= 11 is 0. The molecule has 5 rings (SSSR count).